The van der Waals surface area contributed by atoms with Crippen molar-refractivity contribution in [3.63, 3.8) is 0 Å². The molecule has 0 aliphatic heterocycles. The fraction of sp³-hybridized carbons (Fsp3) is 0.667. The molecule has 14 heteroatoms. The van der Waals surface area contributed by atoms with Gasteiger partial charge in [-0.15, -0.1) is 0 Å². The monoisotopic (exact) mass is 462 g/mol. The Morgan fingerprint density at radius 2 is 1.25 bits per heavy atom. The summed E-state index contributed by atoms with van der Waals surface area (Å²) in [6.07, 6.45) is -1.47. The van der Waals surface area contributed by atoms with Gasteiger partial charge in [-0.25, -0.2) is 4.79 Å². The van der Waals surface area contributed by atoms with Crippen LogP contribution in [-0.4, -0.2) is 86.8 Å². The molecule has 4 unspecified atom stereocenters. The maximum absolute atomic E-state index is 12.5. The lowest BCUT2D eigenvalue weighted by molar-refractivity contribution is -0.144. The van der Waals surface area contributed by atoms with Crippen molar-refractivity contribution in [2.75, 3.05) is 6.61 Å². The molecular weight excluding hydrogens is 432 g/mol. The van der Waals surface area contributed by atoms with E-state index in [0.29, 0.717) is 0 Å². The van der Waals surface area contributed by atoms with Crippen molar-refractivity contribution in [3.05, 3.63) is 0 Å². The molecule has 32 heavy (non-hydrogen) atoms. The molecule has 0 aliphatic carbocycles. The normalized spacial score (nSPS) is 14.5. The Hall–Kier alpha value is -3.26. The van der Waals surface area contributed by atoms with Crippen molar-refractivity contribution in [1.29, 1.82) is 0 Å². The summed E-state index contributed by atoms with van der Waals surface area (Å²) in [5, 5.41) is 42.5. The summed E-state index contributed by atoms with van der Waals surface area (Å²) in [6.45, 7) is 2.24. The summed E-state index contributed by atoms with van der Waals surface area (Å²) in [5.41, 5.74) is 5.55. The SMILES string of the molecule is CC(C)C(NC(=O)C(CO)NC(=O)C(N)CCC(=O)O)C(=O)NC(CCC(=O)O)C(=O)O. The zero-order chi connectivity index (χ0) is 25.0. The van der Waals surface area contributed by atoms with Crippen LogP contribution in [0.4, 0.5) is 0 Å². The Balaban J connectivity index is 5.15. The molecule has 182 valence electrons. The topological polar surface area (TPSA) is 245 Å². The predicted molar refractivity (Wildman–Crippen MR) is 107 cm³/mol. The maximum Gasteiger partial charge on any atom is 0.326 e. The van der Waals surface area contributed by atoms with Crippen LogP contribution in [-0.2, 0) is 28.8 Å². The molecule has 0 saturated carbocycles. The molecule has 0 spiro atoms. The number of aliphatic hydroxyl groups excluding tert-OH is 1. The van der Waals surface area contributed by atoms with Crippen molar-refractivity contribution in [1.82, 2.24) is 16.0 Å². The first-order valence-electron chi connectivity index (χ1n) is 9.74. The van der Waals surface area contributed by atoms with Gasteiger partial charge in [0.25, 0.3) is 0 Å². The number of carbonyl (C=O) groups excluding carboxylic acids is 3. The molecule has 0 rings (SSSR count). The summed E-state index contributed by atoms with van der Waals surface area (Å²) in [5.74, 6) is -7.15. The third-order valence-corrected chi connectivity index (χ3v) is 4.33. The fourth-order valence-corrected chi connectivity index (χ4v) is 2.46. The minimum atomic E-state index is -1.50. The van der Waals surface area contributed by atoms with Crippen molar-refractivity contribution >= 4 is 35.6 Å². The lowest BCUT2D eigenvalue weighted by atomic mass is 10.0. The number of aliphatic hydroxyl groups is 1. The molecule has 0 saturated heterocycles. The number of hydrogen-bond acceptors (Lipinski definition) is 8. The second-order valence-electron chi connectivity index (χ2n) is 7.34. The summed E-state index contributed by atoms with van der Waals surface area (Å²) in [4.78, 5) is 69.5. The molecular formula is C18H30N4O10. The standard InChI is InChI=1S/C18H30N4O10/c1-8(2)14(17(30)20-10(18(31)32)4-6-13(26)27)22-16(29)11(7-23)21-15(28)9(19)3-5-12(24)25/h8-11,14,23H,3-7,19H2,1-2H3,(H,20,30)(H,21,28)(H,22,29)(H,24,25)(H,26,27)(H,31,32). The molecule has 0 aromatic heterocycles. The van der Waals surface area contributed by atoms with E-state index in [2.05, 4.69) is 16.0 Å². The molecule has 0 fully saturated rings. The van der Waals surface area contributed by atoms with E-state index in [0.717, 1.165) is 0 Å². The van der Waals surface area contributed by atoms with Crippen LogP contribution in [0.15, 0.2) is 0 Å². The molecule has 14 nitrogen and oxygen atoms in total. The van der Waals surface area contributed by atoms with Crippen LogP contribution in [0.25, 0.3) is 0 Å². The lowest BCUT2D eigenvalue weighted by Crippen LogP contribution is -2.59. The quantitative estimate of drug-likeness (QED) is 0.124. The molecule has 0 aromatic rings. The van der Waals surface area contributed by atoms with Crippen molar-refractivity contribution < 1.29 is 49.2 Å². The van der Waals surface area contributed by atoms with E-state index in [1.54, 1.807) is 13.8 Å². The summed E-state index contributed by atoms with van der Waals surface area (Å²) < 4.78 is 0. The minimum absolute atomic E-state index is 0.203. The molecule has 0 aliphatic rings. The first-order chi connectivity index (χ1) is 14.8. The summed E-state index contributed by atoms with van der Waals surface area (Å²) >= 11 is 0. The lowest BCUT2D eigenvalue weighted by Gasteiger charge is -2.26. The predicted octanol–water partition coefficient (Wildman–Crippen LogP) is -2.77. The average Bonchev–Trinajstić information content (AvgIpc) is 2.69. The number of carboxylic acid groups (broad SMARTS) is 3. The van der Waals surface area contributed by atoms with Gasteiger partial charge in [-0.2, -0.15) is 0 Å². The summed E-state index contributed by atoms with van der Waals surface area (Å²) in [6, 6.07) is -5.52. The number of nitrogens with two attached hydrogens (primary N) is 1. The number of aliphatic carboxylic acids is 3. The number of hydrogen-bond donors (Lipinski definition) is 8. The van der Waals surface area contributed by atoms with Gasteiger partial charge >= 0.3 is 17.9 Å². The number of amides is 3. The van der Waals surface area contributed by atoms with Gasteiger partial charge in [0, 0.05) is 12.8 Å². The van der Waals surface area contributed by atoms with E-state index in [-0.39, 0.29) is 19.3 Å². The van der Waals surface area contributed by atoms with Crippen LogP contribution in [0.1, 0.15) is 39.5 Å². The number of nitrogens with one attached hydrogen (secondary N) is 3. The number of rotatable bonds is 15. The Labute approximate surface area is 183 Å². The van der Waals surface area contributed by atoms with Crippen LogP contribution >= 0.6 is 0 Å². The second kappa shape index (κ2) is 13.9. The number of carboxylic acids is 3. The van der Waals surface area contributed by atoms with Gasteiger partial charge in [0.05, 0.1) is 12.6 Å². The second-order valence-corrected chi connectivity index (χ2v) is 7.34. The molecule has 0 bridgehead atoms. The third-order valence-electron chi connectivity index (χ3n) is 4.33. The Bertz CT molecular complexity index is 712. The third kappa shape index (κ3) is 10.7. The molecule has 0 aromatic carbocycles. The first-order valence-corrected chi connectivity index (χ1v) is 9.74. The molecule has 3 amide bonds. The van der Waals surface area contributed by atoms with E-state index >= 15 is 0 Å². The van der Waals surface area contributed by atoms with E-state index in [9.17, 15) is 33.9 Å². The Morgan fingerprint density at radius 1 is 0.750 bits per heavy atom. The minimum Gasteiger partial charge on any atom is -0.481 e. The van der Waals surface area contributed by atoms with Gasteiger partial charge in [-0.3, -0.25) is 24.0 Å². The van der Waals surface area contributed by atoms with Crippen molar-refractivity contribution in [2.45, 2.75) is 63.7 Å². The fourth-order valence-electron chi connectivity index (χ4n) is 2.46. The van der Waals surface area contributed by atoms with Gasteiger partial charge in [0.2, 0.25) is 17.7 Å². The Morgan fingerprint density at radius 3 is 1.69 bits per heavy atom. The maximum atomic E-state index is 12.5. The van der Waals surface area contributed by atoms with Crippen molar-refractivity contribution in [2.24, 2.45) is 11.7 Å². The van der Waals surface area contributed by atoms with E-state index in [4.69, 9.17) is 21.1 Å². The van der Waals surface area contributed by atoms with Crippen molar-refractivity contribution in [3.8, 4) is 0 Å². The highest BCUT2D eigenvalue weighted by Gasteiger charge is 2.31. The van der Waals surface area contributed by atoms with Crippen LogP contribution in [0.3, 0.4) is 0 Å². The van der Waals surface area contributed by atoms with E-state index < -0.39 is 78.7 Å². The molecule has 9 N–H and O–H groups in total. The van der Waals surface area contributed by atoms with Gasteiger partial charge in [0.15, 0.2) is 0 Å². The van der Waals surface area contributed by atoms with E-state index in [1.165, 1.54) is 0 Å². The largest absolute Gasteiger partial charge is 0.481 e. The molecule has 4 atom stereocenters. The molecule has 0 heterocycles. The first kappa shape index (κ1) is 28.7. The zero-order valence-corrected chi connectivity index (χ0v) is 17.7. The smallest absolute Gasteiger partial charge is 0.326 e. The van der Waals surface area contributed by atoms with Crippen LogP contribution in [0, 0.1) is 5.92 Å². The number of carbonyl (C=O) groups is 6. The Kier molecular flexibility index (Phi) is 12.5. The van der Waals surface area contributed by atoms with Crippen LogP contribution in [0.5, 0.6) is 0 Å². The van der Waals surface area contributed by atoms with Crippen LogP contribution < -0.4 is 21.7 Å². The highest BCUT2D eigenvalue weighted by Crippen LogP contribution is 2.06. The van der Waals surface area contributed by atoms with Gasteiger partial charge < -0.3 is 42.1 Å². The average molecular weight is 462 g/mol. The highest BCUT2D eigenvalue weighted by molar-refractivity contribution is 5.94. The van der Waals surface area contributed by atoms with Gasteiger partial charge in [0.1, 0.15) is 18.1 Å². The summed E-state index contributed by atoms with van der Waals surface area (Å²) in [7, 11) is 0. The molecule has 0 radical (unpaired) electrons. The van der Waals surface area contributed by atoms with E-state index in [1.807, 2.05) is 0 Å². The van der Waals surface area contributed by atoms with Crippen LogP contribution in [0.2, 0.25) is 0 Å². The van der Waals surface area contributed by atoms with Gasteiger partial charge in [-0.05, 0) is 18.8 Å². The zero-order valence-electron chi connectivity index (χ0n) is 17.7. The van der Waals surface area contributed by atoms with Gasteiger partial charge in [-0.1, -0.05) is 13.8 Å². The highest BCUT2D eigenvalue weighted by atomic mass is 16.4.